The summed E-state index contributed by atoms with van der Waals surface area (Å²) >= 11 is 0. The molecule has 2 aromatic rings. The van der Waals surface area contributed by atoms with E-state index in [4.69, 9.17) is 0 Å². The predicted octanol–water partition coefficient (Wildman–Crippen LogP) is 3.45. The third-order valence-electron chi connectivity index (χ3n) is 7.02. The number of benzene rings is 1. The van der Waals surface area contributed by atoms with Crippen LogP contribution in [-0.4, -0.2) is 52.5 Å². The molecule has 2 heterocycles. The number of anilines is 2. The molecule has 1 aromatic carbocycles. The minimum atomic E-state index is 0.137. The van der Waals surface area contributed by atoms with Crippen molar-refractivity contribution < 1.29 is 5.11 Å². The topological polar surface area (TPSA) is 88.3 Å². The first-order valence-corrected chi connectivity index (χ1v) is 13.1. The van der Waals surface area contributed by atoms with Crippen molar-refractivity contribution >= 4 is 23.8 Å². The number of aliphatic hydroxyl groups is 1. The van der Waals surface area contributed by atoms with E-state index in [9.17, 15) is 10.4 Å². The van der Waals surface area contributed by atoms with E-state index in [2.05, 4.69) is 70.4 Å². The third kappa shape index (κ3) is 5.88. The zero-order valence-electron chi connectivity index (χ0n) is 22.4. The van der Waals surface area contributed by atoms with Gasteiger partial charge in [0.15, 0.2) is 11.6 Å². The van der Waals surface area contributed by atoms with Crippen LogP contribution in [0.25, 0.3) is 12.2 Å². The first-order valence-electron chi connectivity index (χ1n) is 13.1. The molecule has 0 aliphatic carbocycles. The van der Waals surface area contributed by atoms with Crippen molar-refractivity contribution in [3.05, 3.63) is 57.1 Å². The van der Waals surface area contributed by atoms with Crippen LogP contribution in [0.1, 0.15) is 63.6 Å². The maximum absolute atomic E-state index is 9.98. The fraction of sp³-hybridized carbons (Fsp3) is 0.483. The Balaban J connectivity index is 2.17. The zero-order valence-corrected chi connectivity index (χ0v) is 22.4. The van der Waals surface area contributed by atoms with Crippen LogP contribution in [0, 0.1) is 18.3 Å². The highest BCUT2D eigenvalue weighted by atomic mass is 16.3. The van der Waals surface area contributed by atoms with Crippen molar-refractivity contribution in [1.29, 1.82) is 5.26 Å². The van der Waals surface area contributed by atoms with E-state index in [1.807, 2.05) is 32.0 Å². The molecule has 1 aliphatic rings. The number of nitrogens with one attached hydrogen (secondary N) is 1. The number of aromatic nitrogens is 2. The van der Waals surface area contributed by atoms with E-state index in [1.54, 1.807) is 0 Å². The van der Waals surface area contributed by atoms with E-state index < -0.39 is 0 Å². The molecule has 1 aliphatic heterocycles. The molecule has 0 bridgehead atoms. The minimum Gasteiger partial charge on any atom is -0.394 e. The number of rotatable bonds is 10. The summed E-state index contributed by atoms with van der Waals surface area (Å²) in [6.07, 6.45) is 9.52. The molecule has 1 atom stereocenters. The van der Waals surface area contributed by atoms with Gasteiger partial charge in [-0.2, -0.15) is 5.26 Å². The summed E-state index contributed by atoms with van der Waals surface area (Å²) in [7, 11) is 0. The summed E-state index contributed by atoms with van der Waals surface area (Å²) in [6, 6.07) is 8.21. The van der Waals surface area contributed by atoms with Gasteiger partial charge in [-0.3, -0.25) is 0 Å². The van der Waals surface area contributed by atoms with E-state index in [0.717, 1.165) is 72.0 Å². The summed E-state index contributed by atoms with van der Waals surface area (Å²) < 4.78 is 0. The molecule has 2 N–H and O–H groups in total. The maximum Gasteiger partial charge on any atom is 0.158 e. The van der Waals surface area contributed by atoms with Crippen molar-refractivity contribution in [1.82, 2.24) is 15.1 Å². The number of hydrogen-bond acceptors (Lipinski definition) is 7. The van der Waals surface area contributed by atoms with Crippen LogP contribution in [0.15, 0.2) is 30.0 Å². The lowest BCUT2D eigenvalue weighted by molar-refractivity contribution is 0.190. The number of allylic oxidation sites excluding steroid dienone is 2. The molecule has 7 nitrogen and oxygen atoms in total. The molecule has 1 aromatic heterocycles. The Bertz CT molecular complexity index is 1230. The van der Waals surface area contributed by atoms with E-state index in [1.165, 1.54) is 0 Å². The Hall–Kier alpha value is -3.37. The molecule has 192 valence electrons. The van der Waals surface area contributed by atoms with Gasteiger partial charge in [-0.1, -0.05) is 31.2 Å². The Morgan fingerprint density at radius 3 is 2.67 bits per heavy atom. The van der Waals surface area contributed by atoms with Crippen molar-refractivity contribution in [2.24, 2.45) is 0 Å². The highest BCUT2D eigenvalue weighted by Gasteiger charge is 2.25. The third-order valence-corrected chi connectivity index (χ3v) is 7.02. The highest BCUT2D eigenvalue weighted by Crippen LogP contribution is 2.23. The van der Waals surface area contributed by atoms with Gasteiger partial charge >= 0.3 is 0 Å². The normalized spacial score (nSPS) is 17.0. The minimum absolute atomic E-state index is 0.137. The maximum atomic E-state index is 9.98. The second-order valence-corrected chi connectivity index (χ2v) is 9.07. The van der Waals surface area contributed by atoms with Gasteiger partial charge in [0.2, 0.25) is 0 Å². The molecule has 3 rings (SSSR count). The van der Waals surface area contributed by atoms with Crippen molar-refractivity contribution in [2.45, 2.75) is 66.5 Å². The monoisotopic (exact) mass is 488 g/mol. The van der Waals surface area contributed by atoms with Crippen LogP contribution >= 0.6 is 0 Å². The van der Waals surface area contributed by atoms with Gasteiger partial charge in [-0.05, 0) is 70.2 Å². The standard InChI is InChI=1S/C29H40N6O/c1-6-12-24(35-16-11-15-25(35)20-36)17-27-26(7-2)29(34(8-3)9-4)33-32-28(27)31-19-23-14-10-13-22(18-30)21(23)5/h7,10,12-14,17,25,36H,6,8-9,11,15-16,19-20H2,1-5H3,(H,31,32)/b24-12-,26-7+,27-17+/t25-/m1/s1. The lowest BCUT2D eigenvalue weighted by Crippen LogP contribution is -2.39. The Kier molecular flexibility index (Phi) is 9.89. The fourth-order valence-corrected chi connectivity index (χ4v) is 4.93. The fourth-order valence-electron chi connectivity index (χ4n) is 4.93. The number of hydrogen-bond donors (Lipinski definition) is 2. The van der Waals surface area contributed by atoms with Gasteiger partial charge in [-0.25, -0.2) is 0 Å². The lowest BCUT2D eigenvalue weighted by atomic mass is 10.0. The van der Waals surface area contributed by atoms with E-state index in [-0.39, 0.29) is 12.6 Å². The van der Waals surface area contributed by atoms with Gasteiger partial charge in [0.25, 0.3) is 0 Å². The molecule has 0 saturated carbocycles. The van der Waals surface area contributed by atoms with Gasteiger partial charge in [0, 0.05) is 42.3 Å². The summed E-state index contributed by atoms with van der Waals surface area (Å²) in [5.41, 5.74) is 3.83. The summed E-state index contributed by atoms with van der Waals surface area (Å²) in [4.78, 5) is 4.55. The number of nitrogens with zero attached hydrogens (tertiary/aromatic N) is 5. The molecule has 7 heteroatoms. The van der Waals surface area contributed by atoms with Crippen LogP contribution in [0.5, 0.6) is 0 Å². The SMILES string of the molecule is C/C=c1/c(N(CC)CC)nnc(NCc2cccc(C#N)c2C)/c1=C/C(=C/CC)N1CCC[C@@H]1CO. The molecule has 1 fully saturated rings. The van der Waals surface area contributed by atoms with Crippen molar-refractivity contribution in [3.63, 3.8) is 0 Å². The van der Waals surface area contributed by atoms with Crippen molar-refractivity contribution in [3.8, 4) is 6.07 Å². The number of likely N-dealkylation sites (tertiary alicyclic amines) is 1. The summed E-state index contributed by atoms with van der Waals surface area (Å²) in [5.74, 6) is 1.58. The largest absolute Gasteiger partial charge is 0.394 e. The van der Waals surface area contributed by atoms with Crippen LogP contribution in [0.3, 0.4) is 0 Å². The van der Waals surface area contributed by atoms with Crippen molar-refractivity contribution in [2.75, 3.05) is 36.5 Å². The molecule has 0 radical (unpaired) electrons. The Morgan fingerprint density at radius 2 is 2.03 bits per heavy atom. The second kappa shape index (κ2) is 13.1. The smallest absolute Gasteiger partial charge is 0.158 e. The molecule has 36 heavy (non-hydrogen) atoms. The molecular formula is C29H40N6O. The lowest BCUT2D eigenvalue weighted by Gasteiger charge is -2.27. The molecule has 1 saturated heterocycles. The van der Waals surface area contributed by atoms with Gasteiger partial charge in [0.05, 0.1) is 24.3 Å². The average Bonchev–Trinajstić information content (AvgIpc) is 3.38. The highest BCUT2D eigenvalue weighted by molar-refractivity contribution is 5.59. The molecule has 0 amide bonds. The zero-order chi connectivity index (χ0) is 26.1. The Morgan fingerprint density at radius 1 is 1.25 bits per heavy atom. The quantitative estimate of drug-likeness (QED) is 0.530. The van der Waals surface area contributed by atoms with E-state index in [0.29, 0.717) is 17.9 Å². The molecule has 0 spiro atoms. The average molecular weight is 489 g/mol. The first-order chi connectivity index (χ1) is 17.5. The second-order valence-electron chi connectivity index (χ2n) is 9.07. The van der Waals surface area contributed by atoms with Crippen LogP contribution in [0.4, 0.5) is 11.6 Å². The van der Waals surface area contributed by atoms with Gasteiger partial charge < -0.3 is 20.2 Å². The van der Waals surface area contributed by atoms with Crippen LogP contribution in [-0.2, 0) is 6.54 Å². The summed E-state index contributed by atoms with van der Waals surface area (Å²) in [5, 5.41) is 34.3. The first kappa shape index (κ1) is 27.2. The predicted molar refractivity (Wildman–Crippen MR) is 148 cm³/mol. The Labute approximate surface area is 215 Å². The molecule has 0 unspecified atom stereocenters. The number of nitriles is 1. The number of aliphatic hydroxyl groups excluding tert-OH is 1. The van der Waals surface area contributed by atoms with Crippen LogP contribution in [0.2, 0.25) is 0 Å². The van der Waals surface area contributed by atoms with Gasteiger partial charge in [-0.15, -0.1) is 10.2 Å². The summed E-state index contributed by atoms with van der Waals surface area (Å²) in [6.45, 7) is 13.7. The molecular weight excluding hydrogens is 448 g/mol. The van der Waals surface area contributed by atoms with Gasteiger partial charge in [0.1, 0.15) is 0 Å². The van der Waals surface area contributed by atoms with E-state index >= 15 is 0 Å². The van der Waals surface area contributed by atoms with Crippen LogP contribution < -0.4 is 20.7 Å².